The summed E-state index contributed by atoms with van der Waals surface area (Å²) in [7, 11) is 2.03. The van der Waals surface area contributed by atoms with Gasteiger partial charge >= 0.3 is 6.09 Å². The topological polar surface area (TPSA) is 74.8 Å². The van der Waals surface area contributed by atoms with Crippen molar-refractivity contribution in [2.24, 2.45) is 0 Å². The number of aromatic nitrogens is 1. The maximum absolute atomic E-state index is 12.9. The van der Waals surface area contributed by atoms with E-state index >= 15 is 0 Å². The average molecular weight is 397 g/mol. The van der Waals surface area contributed by atoms with Gasteiger partial charge in [-0.25, -0.2) is 9.78 Å². The first-order valence-electron chi connectivity index (χ1n) is 9.44. The van der Waals surface area contributed by atoms with Gasteiger partial charge in [-0.1, -0.05) is 13.8 Å². The van der Waals surface area contributed by atoms with E-state index in [9.17, 15) is 9.59 Å². The van der Waals surface area contributed by atoms with Crippen molar-refractivity contribution in [3.05, 3.63) is 16.1 Å². The molecule has 2 rings (SSSR count). The van der Waals surface area contributed by atoms with Gasteiger partial charge in [0.2, 0.25) is 5.91 Å². The Hall–Kier alpha value is -1.67. The molecular weight excluding hydrogens is 364 g/mol. The van der Waals surface area contributed by atoms with Crippen molar-refractivity contribution in [1.29, 1.82) is 0 Å². The van der Waals surface area contributed by atoms with Crippen molar-refractivity contribution < 1.29 is 14.3 Å². The van der Waals surface area contributed by atoms with E-state index in [1.807, 2.05) is 38.1 Å². The molecule has 1 aliphatic heterocycles. The van der Waals surface area contributed by atoms with Crippen LogP contribution in [-0.2, 0) is 16.0 Å². The number of hydrogen-bond acceptors (Lipinski definition) is 6. The van der Waals surface area contributed by atoms with E-state index < -0.39 is 11.7 Å². The first-order chi connectivity index (χ1) is 12.5. The lowest BCUT2D eigenvalue weighted by Crippen LogP contribution is -2.58. The Balaban J connectivity index is 1.96. The van der Waals surface area contributed by atoms with E-state index in [2.05, 4.69) is 29.0 Å². The van der Waals surface area contributed by atoms with Crippen LogP contribution >= 0.6 is 11.3 Å². The number of rotatable bonds is 5. The second-order valence-corrected chi connectivity index (χ2v) is 9.28. The molecule has 0 saturated carbocycles. The highest BCUT2D eigenvalue weighted by molar-refractivity contribution is 7.09. The maximum atomic E-state index is 12.9. The van der Waals surface area contributed by atoms with Crippen LogP contribution in [0.1, 0.15) is 51.2 Å². The number of thiazole rings is 1. The van der Waals surface area contributed by atoms with Crippen LogP contribution in [0, 0.1) is 0 Å². The van der Waals surface area contributed by atoms with Gasteiger partial charge in [-0.05, 0) is 27.8 Å². The van der Waals surface area contributed by atoms with Crippen molar-refractivity contribution in [2.75, 3.05) is 33.2 Å². The quantitative estimate of drug-likeness (QED) is 0.828. The average Bonchev–Trinajstić information content (AvgIpc) is 3.00. The third-order valence-corrected chi connectivity index (χ3v) is 5.48. The minimum atomic E-state index is -0.540. The number of alkyl carbamates (subject to hydrolysis) is 1. The number of likely N-dealkylation sites (N-methyl/N-ethyl adjacent to an activating group) is 1. The fourth-order valence-electron chi connectivity index (χ4n) is 2.95. The van der Waals surface area contributed by atoms with Gasteiger partial charge < -0.3 is 19.9 Å². The normalized spacial score (nSPS) is 18.6. The molecule has 1 N–H and O–H groups in total. The van der Waals surface area contributed by atoms with E-state index in [1.54, 1.807) is 11.3 Å². The fourth-order valence-corrected chi connectivity index (χ4v) is 3.79. The molecule has 7 nitrogen and oxygen atoms in total. The van der Waals surface area contributed by atoms with Gasteiger partial charge in [0, 0.05) is 37.5 Å². The van der Waals surface area contributed by atoms with Crippen LogP contribution in [0.3, 0.4) is 0 Å². The van der Waals surface area contributed by atoms with Crippen molar-refractivity contribution in [1.82, 2.24) is 20.1 Å². The second-order valence-electron chi connectivity index (χ2n) is 8.39. The van der Waals surface area contributed by atoms with Crippen LogP contribution in [0.5, 0.6) is 0 Å². The highest BCUT2D eigenvalue weighted by Crippen LogP contribution is 2.20. The highest BCUT2D eigenvalue weighted by atomic mass is 32.1. The zero-order valence-corrected chi connectivity index (χ0v) is 18.1. The molecule has 1 fully saturated rings. The number of hydrogen-bond donors (Lipinski definition) is 1. The van der Waals surface area contributed by atoms with Gasteiger partial charge in [0.25, 0.3) is 0 Å². The second kappa shape index (κ2) is 9.01. The van der Waals surface area contributed by atoms with Gasteiger partial charge in [0.05, 0.1) is 23.2 Å². The molecule has 1 saturated heterocycles. The number of carbonyl (C=O) groups is 2. The molecule has 1 aromatic rings. The van der Waals surface area contributed by atoms with E-state index in [-0.39, 0.29) is 11.9 Å². The third kappa shape index (κ3) is 6.77. The summed E-state index contributed by atoms with van der Waals surface area (Å²) in [6.45, 7) is 12.3. The number of piperazine rings is 1. The van der Waals surface area contributed by atoms with Crippen LogP contribution in [-0.4, -0.2) is 71.7 Å². The lowest BCUT2D eigenvalue weighted by atomic mass is 10.1. The van der Waals surface area contributed by atoms with E-state index in [1.165, 1.54) is 0 Å². The minimum Gasteiger partial charge on any atom is -0.444 e. The SMILES string of the molecule is CC(C)c1nc(CC(=O)N2CCN(C)C[C@@H]2CNC(=O)OC(C)(C)C)cs1. The number of nitrogens with zero attached hydrogens (tertiary/aromatic N) is 3. The Bertz CT molecular complexity index is 654. The highest BCUT2D eigenvalue weighted by Gasteiger charge is 2.30. The first kappa shape index (κ1) is 21.6. The molecule has 0 bridgehead atoms. The Labute approximate surface area is 166 Å². The molecule has 152 valence electrons. The molecule has 0 spiro atoms. The molecule has 0 unspecified atom stereocenters. The van der Waals surface area contributed by atoms with Crippen LogP contribution < -0.4 is 5.32 Å². The van der Waals surface area contributed by atoms with Crippen molar-refractivity contribution in [3.63, 3.8) is 0 Å². The van der Waals surface area contributed by atoms with Gasteiger partial charge in [0.1, 0.15) is 5.60 Å². The monoisotopic (exact) mass is 396 g/mol. The number of nitrogens with one attached hydrogen (secondary N) is 1. The Morgan fingerprint density at radius 1 is 1.37 bits per heavy atom. The Kier molecular flexibility index (Phi) is 7.22. The smallest absolute Gasteiger partial charge is 0.407 e. The summed E-state index contributed by atoms with van der Waals surface area (Å²) in [6, 6.07) is -0.0769. The van der Waals surface area contributed by atoms with Gasteiger partial charge in [-0.2, -0.15) is 0 Å². The summed E-state index contributed by atoms with van der Waals surface area (Å²) in [6.07, 6.45) is -0.153. The van der Waals surface area contributed by atoms with Gasteiger partial charge in [-0.3, -0.25) is 4.79 Å². The molecular formula is C19H32N4O3S. The van der Waals surface area contributed by atoms with Crippen molar-refractivity contribution >= 4 is 23.3 Å². The van der Waals surface area contributed by atoms with E-state index in [0.717, 1.165) is 23.8 Å². The van der Waals surface area contributed by atoms with Crippen molar-refractivity contribution in [3.8, 4) is 0 Å². The predicted octanol–water partition coefficient (Wildman–Crippen LogP) is 2.48. The predicted molar refractivity (Wildman–Crippen MR) is 107 cm³/mol. The summed E-state index contributed by atoms with van der Waals surface area (Å²) in [4.78, 5) is 33.4. The molecule has 8 heteroatoms. The minimum absolute atomic E-state index is 0.0553. The molecule has 2 amide bonds. The number of carbonyl (C=O) groups excluding carboxylic acids is 2. The molecule has 27 heavy (non-hydrogen) atoms. The molecule has 1 atom stereocenters. The maximum Gasteiger partial charge on any atom is 0.407 e. The van der Waals surface area contributed by atoms with Crippen LogP contribution in [0.2, 0.25) is 0 Å². The van der Waals surface area contributed by atoms with Crippen LogP contribution in [0.15, 0.2) is 5.38 Å². The molecule has 0 aromatic carbocycles. The van der Waals surface area contributed by atoms with Crippen molar-refractivity contribution in [2.45, 2.75) is 58.6 Å². The number of amides is 2. The van der Waals surface area contributed by atoms with Crippen LogP contribution in [0.4, 0.5) is 4.79 Å². The lowest BCUT2D eigenvalue weighted by molar-refractivity contribution is -0.135. The van der Waals surface area contributed by atoms with Gasteiger partial charge in [0.15, 0.2) is 0 Å². The summed E-state index contributed by atoms with van der Waals surface area (Å²) < 4.78 is 5.30. The third-order valence-electron chi connectivity index (χ3n) is 4.28. The standard InChI is InChI=1S/C19H32N4O3S/c1-13(2)17-21-14(12-27-17)9-16(24)23-8-7-22(6)11-15(23)10-20-18(25)26-19(3,4)5/h12-13,15H,7-11H2,1-6H3,(H,20,25)/t15-/m0/s1. The van der Waals surface area contributed by atoms with E-state index in [4.69, 9.17) is 4.74 Å². The largest absolute Gasteiger partial charge is 0.444 e. The number of ether oxygens (including phenoxy) is 1. The van der Waals surface area contributed by atoms with E-state index in [0.29, 0.717) is 25.4 Å². The summed E-state index contributed by atoms with van der Waals surface area (Å²) in [5.41, 5.74) is 0.285. The summed E-state index contributed by atoms with van der Waals surface area (Å²) in [5, 5.41) is 5.83. The molecule has 1 aliphatic rings. The molecule has 0 radical (unpaired) electrons. The lowest BCUT2D eigenvalue weighted by Gasteiger charge is -2.40. The Morgan fingerprint density at radius 2 is 2.07 bits per heavy atom. The molecule has 2 heterocycles. The van der Waals surface area contributed by atoms with Crippen LogP contribution in [0.25, 0.3) is 0 Å². The summed E-state index contributed by atoms with van der Waals surface area (Å²) >= 11 is 1.60. The first-order valence-corrected chi connectivity index (χ1v) is 10.3. The Morgan fingerprint density at radius 3 is 2.67 bits per heavy atom. The fraction of sp³-hybridized carbons (Fsp3) is 0.737. The zero-order valence-electron chi connectivity index (χ0n) is 17.2. The summed E-state index contributed by atoms with van der Waals surface area (Å²) in [5.74, 6) is 0.424. The molecule has 1 aromatic heterocycles. The van der Waals surface area contributed by atoms with Gasteiger partial charge in [-0.15, -0.1) is 11.3 Å². The zero-order chi connectivity index (χ0) is 20.2. The molecule has 0 aliphatic carbocycles.